The van der Waals surface area contributed by atoms with Crippen molar-refractivity contribution in [3.05, 3.63) is 29.3 Å². The molecule has 2 heterocycles. The van der Waals surface area contributed by atoms with Crippen LogP contribution in [0, 0.1) is 0 Å². The molecule has 1 unspecified atom stereocenters. The monoisotopic (exact) mass is 555 g/mol. The molecule has 4 N–H and O–H groups in total. The van der Waals surface area contributed by atoms with Crippen LogP contribution in [0.5, 0.6) is 0 Å². The van der Waals surface area contributed by atoms with E-state index in [2.05, 4.69) is 15.5 Å². The molecule has 3 rings (SSSR count). The Hall–Kier alpha value is -1.57. The van der Waals surface area contributed by atoms with Crippen molar-refractivity contribution in [2.75, 3.05) is 18.4 Å². The number of piperidine rings is 1. The van der Waals surface area contributed by atoms with Gasteiger partial charge in [-0.05, 0) is 0 Å². The second-order valence-corrected chi connectivity index (χ2v) is 15.2. The van der Waals surface area contributed by atoms with Gasteiger partial charge in [0.1, 0.15) is 0 Å². The molecule has 1 saturated heterocycles. The van der Waals surface area contributed by atoms with E-state index in [-0.39, 0.29) is 32.2 Å². The molecule has 1 aromatic carbocycles. The molecule has 0 bridgehead atoms. The van der Waals surface area contributed by atoms with Gasteiger partial charge < -0.3 is 13.5 Å². The summed E-state index contributed by atoms with van der Waals surface area (Å²) < 4.78 is 2.60. The Bertz CT molecular complexity index is 851. The average Bonchev–Trinajstić information content (AvgIpc) is 2.97. The van der Waals surface area contributed by atoms with E-state index in [1.54, 1.807) is 18.2 Å². The molecule has 1 radical (unpaired) electrons. The number of fused-ring (bicyclic) bond motifs is 1. The van der Waals surface area contributed by atoms with Gasteiger partial charge in [-0.1, -0.05) is 0 Å². The van der Waals surface area contributed by atoms with Gasteiger partial charge in [-0.2, -0.15) is 0 Å². The average molecular weight is 556 g/mol. The third-order valence-corrected chi connectivity index (χ3v) is 11.7. The zero-order valence-corrected chi connectivity index (χ0v) is 21.2. The molecule has 2 aliphatic heterocycles. The molecule has 4 amide bonds. The summed E-state index contributed by atoms with van der Waals surface area (Å²) >= 11 is -1.17. The fourth-order valence-corrected chi connectivity index (χ4v) is 8.68. The van der Waals surface area contributed by atoms with Gasteiger partial charge >= 0.3 is 179 Å². The van der Waals surface area contributed by atoms with Gasteiger partial charge in [0.05, 0.1) is 0 Å². The molecule has 0 spiro atoms. The fourth-order valence-electron chi connectivity index (χ4n) is 3.87. The van der Waals surface area contributed by atoms with E-state index >= 15 is 0 Å². The SMILES string of the molecule is [CH3][Sb+]([CH2]CCCN)[CH2]CCNc1cccc2c1C(=O)N(C1CCC(=O)NC1=O)C2=O.[SH-]. The predicted molar refractivity (Wildman–Crippen MR) is 125 cm³/mol. The largest absolute Gasteiger partial charge is 0.813 e. The van der Waals surface area contributed by atoms with E-state index in [0.717, 1.165) is 30.8 Å². The summed E-state index contributed by atoms with van der Waals surface area (Å²) in [5.74, 6) is -1.92. The minimum absolute atomic E-state index is 0. The van der Waals surface area contributed by atoms with E-state index in [4.69, 9.17) is 5.73 Å². The van der Waals surface area contributed by atoms with Crippen LogP contribution in [0.25, 0.3) is 0 Å². The zero-order chi connectivity index (χ0) is 21.7. The second-order valence-electron chi connectivity index (χ2n) is 7.75. The van der Waals surface area contributed by atoms with Crippen molar-refractivity contribution >= 4 is 63.0 Å². The van der Waals surface area contributed by atoms with Crippen LogP contribution in [0.3, 0.4) is 0 Å². The summed E-state index contributed by atoms with van der Waals surface area (Å²) in [6.07, 6.45) is 3.63. The number of imide groups is 2. The maximum atomic E-state index is 13.0. The van der Waals surface area contributed by atoms with Crippen LogP contribution in [-0.4, -0.2) is 67.9 Å². The maximum Gasteiger partial charge on any atom is -0.813 e. The smallest absolute Gasteiger partial charge is 0.813 e. The molecule has 10 heteroatoms. The van der Waals surface area contributed by atoms with E-state index in [1.807, 2.05) is 0 Å². The predicted octanol–water partition coefficient (Wildman–Crippen LogP) is 1.48. The summed E-state index contributed by atoms with van der Waals surface area (Å²) in [7, 11) is 0. The number of nitrogens with two attached hydrogens (primary N) is 1. The molecule has 2 aliphatic rings. The quantitative estimate of drug-likeness (QED) is 0.131. The number of thiol groups is 1. The third kappa shape index (κ3) is 6.02. The molecular weight excluding hydrogens is 526 g/mol. The van der Waals surface area contributed by atoms with Crippen LogP contribution < -0.4 is 16.4 Å². The van der Waals surface area contributed by atoms with Crippen molar-refractivity contribution in [1.29, 1.82) is 0 Å². The number of amides is 4. The van der Waals surface area contributed by atoms with E-state index in [1.165, 1.54) is 15.2 Å². The molecule has 1 aromatic rings. The number of carbonyl (C=O) groups excluding carboxylic acids is 4. The zero-order valence-electron chi connectivity index (χ0n) is 17.7. The van der Waals surface area contributed by atoms with Crippen molar-refractivity contribution in [3.63, 3.8) is 0 Å². The van der Waals surface area contributed by atoms with Crippen LogP contribution in [0.4, 0.5) is 5.69 Å². The van der Waals surface area contributed by atoms with Gasteiger partial charge in [-0.25, -0.2) is 0 Å². The van der Waals surface area contributed by atoms with Gasteiger partial charge in [0.25, 0.3) is 0 Å². The third-order valence-electron chi connectivity index (χ3n) is 5.49. The summed E-state index contributed by atoms with van der Waals surface area (Å²) in [6, 6.07) is 4.21. The van der Waals surface area contributed by atoms with Crippen LogP contribution in [0.2, 0.25) is 13.6 Å². The van der Waals surface area contributed by atoms with Crippen molar-refractivity contribution < 1.29 is 19.2 Å². The Kier molecular flexibility index (Phi) is 9.84. The number of benzene rings is 1. The number of hydrogen-bond acceptors (Lipinski definition) is 7. The number of anilines is 1. The Balaban J connectivity index is 0.00000341. The first-order valence-corrected chi connectivity index (χ1v) is 16.6. The Morgan fingerprint density at radius 3 is 2.58 bits per heavy atom. The van der Waals surface area contributed by atoms with E-state index < -0.39 is 44.0 Å². The van der Waals surface area contributed by atoms with Crippen molar-refractivity contribution in [1.82, 2.24) is 10.2 Å². The summed E-state index contributed by atoms with van der Waals surface area (Å²) in [5.41, 5.74) is 6.82. The van der Waals surface area contributed by atoms with Crippen LogP contribution in [-0.2, 0) is 23.1 Å². The van der Waals surface area contributed by atoms with Crippen molar-refractivity contribution in [3.8, 4) is 0 Å². The summed E-state index contributed by atoms with van der Waals surface area (Å²) in [6.45, 7) is 1.50. The topological polar surface area (TPSA) is 122 Å². The van der Waals surface area contributed by atoms with Crippen LogP contribution >= 0.6 is 0 Å². The van der Waals surface area contributed by atoms with Gasteiger partial charge in [0.2, 0.25) is 0 Å². The van der Waals surface area contributed by atoms with Gasteiger partial charge in [0, 0.05) is 0 Å². The van der Waals surface area contributed by atoms with Crippen LogP contribution in [0.15, 0.2) is 18.2 Å². The molecule has 8 nitrogen and oxygen atoms in total. The standard InChI is InChI=1S/C16H16N3O4.C4H10N.CH3.H2S.Sb/c1-2-8-17-10-5-3-4-9-13(10)16(23)19(15(9)22)11-6-7-12(20)18-14(11)21;1-2-3-4-5;;;/h3-5,11,17H,1-2,6-8H2,(H,18,20,21);1-5H2;1H3;1H2;/q;;;;+1/p-1. The Labute approximate surface area is 197 Å². The molecule has 31 heavy (non-hydrogen) atoms. The molecule has 0 saturated carbocycles. The van der Waals surface area contributed by atoms with Crippen LogP contribution in [0.1, 0.15) is 52.8 Å². The van der Waals surface area contributed by atoms with Gasteiger partial charge in [-0.3, -0.25) is 4.79 Å². The number of nitrogens with zero attached hydrogens (tertiary/aromatic N) is 1. The summed E-state index contributed by atoms with van der Waals surface area (Å²) in [4.78, 5) is 52.9. The minimum Gasteiger partial charge on any atom is -0.813 e. The first-order chi connectivity index (χ1) is 14.4. The number of hydrogen-bond donors (Lipinski definition) is 3. The first kappa shape index (κ1) is 25.7. The number of nitrogens with one attached hydrogen (secondary N) is 2. The van der Waals surface area contributed by atoms with Gasteiger partial charge in [0.15, 0.2) is 0 Å². The molecule has 0 aliphatic carbocycles. The van der Waals surface area contributed by atoms with E-state index in [9.17, 15) is 19.2 Å². The maximum absolute atomic E-state index is 13.0. The summed E-state index contributed by atoms with van der Waals surface area (Å²) in [5, 5.41) is 5.53. The number of carbonyl (C=O) groups is 4. The van der Waals surface area contributed by atoms with Crippen molar-refractivity contribution in [2.24, 2.45) is 5.73 Å². The van der Waals surface area contributed by atoms with Gasteiger partial charge in [-0.15, -0.1) is 0 Å². The first-order valence-electron chi connectivity index (χ1n) is 10.4. The molecule has 1 fully saturated rings. The minimum atomic E-state index is -1.17. The van der Waals surface area contributed by atoms with E-state index in [0.29, 0.717) is 16.8 Å². The van der Waals surface area contributed by atoms with Crippen molar-refractivity contribution in [2.45, 2.75) is 51.8 Å². The fraction of sp³-hybridized carbons (Fsp3) is 0.524. The normalized spacial score (nSPS) is 18.2. The molecular formula is C21H30N4O4SSb. The Morgan fingerprint density at radius 1 is 1.13 bits per heavy atom. The Morgan fingerprint density at radius 2 is 1.87 bits per heavy atom. The second kappa shape index (κ2) is 11.9. The number of unbranched alkanes of at least 4 members (excludes halogenated alkanes) is 1. The molecule has 1 atom stereocenters. The number of rotatable bonds is 10. The molecule has 0 aromatic heterocycles. The molecule has 169 valence electrons.